The number of allylic oxidation sites excluding steroid dienone is 4. The fourth-order valence-corrected chi connectivity index (χ4v) is 6.90. The molecule has 0 amide bonds. The second-order valence-corrected chi connectivity index (χ2v) is 11.5. The average Bonchev–Trinajstić information content (AvgIpc) is 3.78. The number of aromatic hydroxyl groups is 4. The van der Waals surface area contributed by atoms with Gasteiger partial charge in [-0.05, 0) is 25.7 Å². The van der Waals surface area contributed by atoms with Crippen LogP contribution >= 0.6 is 0 Å². The molecule has 0 spiro atoms. The first-order valence-corrected chi connectivity index (χ1v) is 14.5. The van der Waals surface area contributed by atoms with Gasteiger partial charge in [-0.2, -0.15) is 0 Å². The zero-order valence-electron chi connectivity index (χ0n) is 22.4. The van der Waals surface area contributed by atoms with E-state index < -0.39 is 11.9 Å². The number of hydrogen-bond acceptors (Lipinski definition) is 8. The van der Waals surface area contributed by atoms with Crippen LogP contribution in [0.1, 0.15) is 123 Å². The van der Waals surface area contributed by atoms with Crippen LogP contribution in [-0.4, -0.2) is 41.8 Å². The Balaban J connectivity index is 0.817. The molecule has 10 heteroatoms. The average molecular weight is 553 g/mol. The van der Waals surface area contributed by atoms with Gasteiger partial charge < -0.3 is 30.1 Å². The fraction of sp³-hybridized carbons (Fsp3) is 0.533. The Kier molecular flexibility index (Phi) is 7.02. The summed E-state index contributed by atoms with van der Waals surface area (Å²) in [7, 11) is 0. The van der Waals surface area contributed by atoms with Gasteiger partial charge in [-0.15, -0.1) is 9.46 Å². The minimum Gasteiger partial charge on any atom is -0.492 e. The summed E-state index contributed by atoms with van der Waals surface area (Å²) in [4.78, 5) is 35.0. The molecular weight excluding hydrogens is 516 g/mol. The second-order valence-electron chi connectivity index (χ2n) is 11.5. The number of nitrogens with zero attached hydrogens (tertiary/aromatic N) is 2. The summed E-state index contributed by atoms with van der Waals surface area (Å²) in [6, 6.07) is 0. The minimum atomic E-state index is -0.485. The molecule has 0 aromatic carbocycles. The molecule has 0 saturated carbocycles. The molecular formula is C30H36N2O8. The van der Waals surface area contributed by atoms with Gasteiger partial charge in [0.1, 0.15) is 0 Å². The molecule has 2 heterocycles. The Hall–Kier alpha value is -3.82. The molecule has 0 aliphatic heterocycles. The van der Waals surface area contributed by atoms with Crippen LogP contribution in [0.3, 0.4) is 0 Å². The van der Waals surface area contributed by atoms with Gasteiger partial charge in [-0.3, -0.25) is 0 Å². The van der Waals surface area contributed by atoms with Gasteiger partial charge in [-0.1, -0.05) is 62.8 Å². The smallest absolute Gasteiger partial charge is 0.333 e. The van der Waals surface area contributed by atoms with Gasteiger partial charge in [0.2, 0.25) is 23.5 Å². The van der Waals surface area contributed by atoms with Gasteiger partial charge >= 0.3 is 11.9 Å². The maximum Gasteiger partial charge on any atom is 0.333 e. The van der Waals surface area contributed by atoms with Crippen molar-refractivity contribution in [3.63, 3.8) is 0 Å². The summed E-state index contributed by atoms with van der Waals surface area (Å²) in [5.41, 5.74) is 2.67. The number of carbonyl (C=O) groups excluding carboxylic acids is 2. The highest BCUT2D eigenvalue weighted by molar-refractivity contribution is 5.71. The Labute approximate surface area is 232 Å². The van der Waals surface area contributed by atoms with Gasteiger partial charge in [0, 0.05) is 58.8 Å². The largest absolute Gasteiger partial charge is 0.492 e. The van der Waals surface area contributed by atoms with Gasteiger partial charge in [0.25, 0.3) is 0 Å². The lowest BCUT2D eigenvalue weighted by Gasteiger charge is -2.09. The molecule has 2 aromatic rings. The van der Waals surface area contributed by atoms with E-state index in [9.17, 15) is 30.0 Å². The lowest BCUT2D eigenvalue weighted by Crippen LogP contribution is -2.19. The van der Waals surface area contributed by atoms with E-state index in [4.69, 9.17) is 9.68 Å². The Morgan fingerprint density at radius 3 is 1.12 bits per heavy atom. The monoisotopic (exact) mass is 552 g/mol. The molecule has 4 aliphatic rings. The molecule has 4 bridgehead atoms. The van der Waals surface area contributed by atoms with Crippen LogP contribution in [0, 0.1) is 0 Å². The second kappa shape index (κ2) is 10.6. The number of fused-ring (bicyclic) bond motifs is 10. The summed E-state index contributed by atoms with van der Waals surface area (Å²) in [5.74, 6) is -1.41. The van der Waals surface area contributed by atoms with E-state index in [2.05, 4.69) is 0 Å². The van der Waals surface area contributed by atoms with Gasteiger partial charge in [0.15, 0.2) is 0 Å². The maximum atomic E-state index is 12.3. The summed E-state index contributed by atoms with van der Waals surface area (Å²) in [5, 5.41) is 41.7. The molecule has 2 aromatic heterocycles. The highest BCUT2D eigenvalue weighted by Gasteiger charge is 2.43. The number of unbranched alkanes of at least 4 members (excludes halogenated alkanes) is 7. The molecule has 0 fully saturated rings. The quantitative estimate of drug-likeness (QED) is 0.203. The van der Waals surface area contributed by atoms with Crippen LogP contribution < -0.4 is 9.68 Å². The van der Waals surface area contributed by atoms with Crippen LogP contribution in [0.15, 0.2) is 24.3 Å². The van der Waals surface area contributed by atoms with E-state index in [1.807, 2.05) is 24.3 Å². The van der Waals surface area contributed by atoms with Crippen molar-refractivity contribution in [3.8, 4) is 23.5 Å². The Morgan fingerprint density at radius 1 is 0.550 bits per heavy atom. The van der Waals surface area contributed by atoms with E-state index in [1.54, 1.807) is 0 Å². The fourth-order valence-electron chi connectivity index (χ4n) is 6.90. The third-order valence-electron chi connectivity index (χ3n) is 8.86. The molecule has 0 radical (unpaired) electrons. The predicted octanol–water partition coefficient (Wildman–Crippen LogP) is 4.91. The lowest BCUT2D eigenvalue weighted by atomic mass is 10.0. The first-order valence-electron chi connectivity index (χ1n) is 14.5. The number of carbonyl (C=O) groups is 2. The summed E-state index contributed by atoms with van der Waals surface area (Å²) < 4.78 is 1.73. The third-order valence-corrected chi connectivity index (χ3v) is 8.86. The Morgan fingerprint density at radius 2 is 0.825 bits per heavy atom. The minimum absolute atomic E-state index is 0.0713. The first-order chi connectivity index (χ1) is 19.3. The zero-order chi connectivity index (χ0) is 28.0. The van der Waals surface area contributed by atoms with Gasteiger partial charge in [-0.25, -0.2) is 9.59 Å². The van der Waals surface area contributed by atoms with E-state index in [0.29, 0.717) is 35.1 Å². The molecule has 6 rings (SSSR count). The molecule has 10 nitrogen and oxygen atoms in total. The van der Waals surface area contributed by atoms with Crippen molar-refractivity contribution in [3.05, 3.63) is 46.6 Å². The topological polar surface area (TPSA) is 143 Å². The summed E-state index contributed by atoms with van der Waals surface area (Å²) in [6.45, 7) is 0. The van der Waals surface area contributed by atoms with E-state index in [-0.39, 0.29) is 60.0 Å². The van der Waals surface area contributed by atoms with Crippen LogP contribution in [0.5, 0.6) is 23.5 Å². The molecule has 0 saturated heterocycles. The SMILES string of the molecule is O=C(CCCCCCCCCCC(=O)On1c(O)c2c(c1O)C1C=CC2C1)On1c(O)c2c(c1O)C1C=CC2C1. The van der Waals surface area contributed by atoms with Crippen molar-refractivity contribution in [1.29, 1.82) is 0 Å². The summed E-state index contributed by atoms with van der Waals surface area (Å²) in [6.07, 6.45) is 17.3. The van der Waals surface area contributed by atoms with Crippen molar-refractivity contribution < 1.29 is 39.7 Å². The lowest BCUT2D eigenvalue weighted by molar-refractivity contribution is -0.146. The van der Waals surface area contributed by atoms with Gasteiger partial charge in [0.05, 0.1) is 0 Å². The Bertz CT molecular complexity index is 1210. The van der Waals surface area contributed by atoms with E-state index >= 15 is 0 Å². The van der Waals surface area contributed by atoms with Crippen LogP contribution in [0.4, 0.5) is 0 Å². The molecule has 4 atom stereocenters. The highest BCUT2D eigenvalue weighted by atomic mass is 16.7. The molecule has 4 unspecified atom stereocenters. The van der Waals surface area contributed by atoms with Crippen LogP contribution in [0.2, 0.25) is 0 Å². The van der Waals surface area contributed by atoms with Crippen molar-refractivity contribution in [1.82, 2.24) is 9.46 Å². The number of hydrogen-bond donors (Lipinski definition) is 4. The molecule has 214 valence electrons. The normalized spacial score (nSPS) is 22.7. The van der Waals surface area contributed by atoms with Crippen molar-refractivity contribution in [2.24, 2.45) is 0 Å². The number of aromatic nitrogens is 2. The van der Waals surface area contributed by atoms with E-state index in [0.717, 1.165) is 60.8 Å². The van der Waals surface area contributed by atoms with Crippen LogP contribution in [0.25, 0.3) is 0 Å². The number of rotatable bonds is 13. The standard InChI is InChI=1S/C30H36N2O8/c33-21(39-31-27(35)23-17-11-12-18(15-17)24(23)28(31)36)9-7-5-3-1-2-4-6-8-10-22(34)40-32-29(37)25-19-13-14-20(16-19)26(25)30(32)38/h11-14,17-20,35-38H,1-10,15-16H2. The maximum absolute atomic E-state index is 12.3. The van der Waals surface area contributed by atoms with Crippen molar-refractivity contribution >= 4 is 11.9 Å². The molecule has 4 aliphatic carbocycles. The van der Waals surface area contributed by atoms with Crippen molar-refractivity contribution in [2.45, 2.75) is 101 Å². The molecule has 4 N–H and O–H groups in total. The first kappa shape index (κ1) is 26.4. The van der Waals surface area contributed by atoms with E-state index in [1.165, 1.54) is 0 Å². The predicted molar refractivity (Wildman–Crippen MR) is 143 cm³/mol. The molecule has 40 heavy (non-hydrogen) atoms. The van der Waals surface area contributed by atoms with Crippen LogP contribution in [-0.2, 0) is 9.59 Å². The van der Waals surface area contributed by atoms with Crippen molar-refractivity contribution in [2.75, 3.05) is 0 Å². The highest BCUT2D eigenvalue weighted by Crippen LogP contribution is 2.57. The zero-order valence-corrected chi connectivity index (χ0v) is 22.4. The summed E-state index contributed by atoms with van der Waals surface area (Å²) >= 11 is 0. The third kappa shape index (κ3) is 4.53.